The number of benzene rings is 1. The second kappa shape index (κ2) is 7.07. The fraction of sp³-hybridized carbons (Fsp3) is 0.300. The number of H-pyrrole nitrogens is 1. The van der Waals surface area contributed by atoms with Crippen molar-refractivity contribution in [2.75, 3.05) is 11.9 Å². The van der Waals surface area contributed by atoms with E-state index in [1.54, 1.807) is 23.6 Å². The summed E-state index contributed by atoms with van der Waals surface area (Å²) in [6.07, 6.45) is 5.23. The van der Waals surface area contributed by atoms with Crippen molar-refractivity contribution in [1.82, 2.24) is 20.2 Å². The van der Waals surface area contributed by atoms with Crippen molar-refractivity contribution in [3.05, 3.63) is 40.9 Å². The van der Waals surface area contributed by atoms with Crippen LogP contribution < -0.4 is 5.32 Å². The minimum atomic E-state index is -0.389. The van der Waals surface area contributed by atoms with E-state index in [1.165, 1.54) is 12.4 Å². The van der Waals surface area contributed by atoms with E-state index in [4.69, 9.17) is 4.74 Å². The number of aromatic amines is 1. The Morgan fingerprint density at radius 3 is 3.17 bits per heavy atom. The number of aromatic nitrogens is 4. The first kappa shape index (κ1) is 18.0. The lowest BCUT2D eigenvalue weighted by Crippen LogP contribution is -2.23. The summed E-state index contributed by atoms with van der Waals surface area (Å²) in [5.74, 6) is -0.0832. The lowest BCUT2D eigenvalue weighted by atomic mass is 9.88. The van der Waals surface area contributed by atoms with Crippen molar-refractivity contribution >= 4 is 49.9 Å². The molecule has 0 spiro atoms. The maximum absolute atomic E-state index is 14.6. The van der Waals surface area contributed by atoms with Crippen LogP contribution in [-0.4, -0.2) is 32.7 Å². The van der Waals surface area contributed by atoms with E-state index in [1.807, 2.05) is 6.92 Å². The number of carbonyl (C=O) groups is 1. The monoisotopic (exact) mass is 411 g/mol. The van der Waals surface area contributed by atoms with Gasteiger partial charge >= 0.3 is 5.97 Å². The van der Waals surface area contributed by atoms with Crippen molar-refractivity contribution in [2.45, 2.75) is 26.2 Å². The Hall–Kier alpha value is -3.07. The van der Waals surface area contributed by atoms with Crippen molar-refractivity contribution in [2.24, 2.45) is 5.92 Å². The Morgan fingerprint density at radius 1 is 1.41 bits per heavy atom. The lowest BCUT2D eigenvalue weighted by Gasteiger charge is -2.20. The molecule has 0 bridgehead atoms. The molecule has 0 aliphatic heterocycles. The van der Waals surface area contributed by atoms with Gasteiger partial charge in [0.25, 0.3) is 0 Å². The van der Waals surface area contributed by atoms with Gasteiger partial charge in [-0.25, -0.2) is 14.4 Å². The molecule has 0 radical (unpaired) electrons. The van der Waals surface area contributed by atoms with Gasteiger partial charge in [0.1, 0.15) is 22.8 Å². The molecule has 7 nitrogen and oxygen atoms in total. The van der Waals surface area contributed by atoms with Crippen LogP contribution in [0.15, 0.2) is 24.7 Å². The number of carbonyl (C=O) groups excluding carboxylic acids is 1. The van der Waals surface area contributed by atoms with E-state index < -0.39 is 0 Å². The van der Waals surface area contributed by atoms with Crippen LogP contribution in [0.3, 0.4) is 0 Å². The lowest BCUT2D eigenvalue weighted by molar-refractivity contribution is -0.148. The number of nitrogens with one attached hydrogen (secondary N) is 2. The van der Waals surface area contributed by atoms with E-state index in [9.17, 15) is 9.18 Å². The zero-order chi connectivity index (χ0) is 20.0. The maximum atomic E-state index is 14.6. The summed E-state index contributed by atoms with van der Waals surface area (Å²) in [6, 6.07) is 3.12. The minimum Gasteiger partial charge on any atom is -0.466 e. The van der Waals surface area contributed by atoms with Crippen LogP contribution in [0.5, 0.6) is 0 Å². The molecule has 29 heavy (non-hydrogen) atoms. The van der Waals surface area contributed by atoms with Crippen LogP contribution in [-0.2, 0) is 22.4 Å². The summed E-state index contributed by atoms with van der Waals surface area (Å²) in [5.41, 5.74) is 2.11. The molecule has 1 aliphatic rings. The van der Waals surface area contributed by atoms with Gasteiger partial charge in [0.05, 0.1) is 35.3 Å². The van der Waals surface area contributed by atoms with Crippen molar-refractivity contribution in [3.63, 3.8) is 0 Å². The van der Waals surface area contributed by atoms with Crippen LogP contribution in [0.4, 0.5) is 15.9 Å². The number of halogens is 1. The number of aryl methyl sites for hydroxylation is 1. The molecule has 0 saturated heterocycles. The summed E-state index contributed by atoms with van der Waals surface area (Å²) in [6.45, 7) is 2.21. The van der Waals surface area contributed by atoms with E-state index in [-0.39, 0.29) is 17.7 Å². The molecule has 5 rings (SSSR count). The molecule has 2 N–H and O–H groups in total. The molecule has 0 amide bonds. The summed E-state index contributed by atoms with van der Waals surface area (Å²) in [4.78, 5) is 22.9. The Bertz CT molecular complexity index is 1230. The first-order chi connectivity index (χ1) is 14.1. The van der Waals surface area contributed by atoms with Crippen LogP contribution in [0.2, 0.25) is 0 Å². The van der Waals surface area contributed by atoms with Gasteiger partial charge in [-0.1, -0.05) is 0 Å². The van der Waals surface area contributed by atoms with Gasteiger partial charge < -0.3 is 10.1 Å². The third-order valence-electron chi connectivity index (χ3n) is 5.25. The van der Waals surface area contributed by atoms with Gasteiger partial charge in [0.15, 0.2) is 0 Å². The van der Waals surface area contributed by atoms with E-state index in [0.717, 1.165) is 38.9 Å². The topological polar surface area (TPSA) is 92.8 Å². The zero-order valence-corrected chi connectivity index (χ0v) is 16.5. The standard InChI is InChI=1S/C20H18FN5O2S/c1-2-28-20(27)10-3-4-12-16(6-10)29-19-17(12)18(22-9-23-19)25-15-5-11-8-24-26-14(11)7-13(15)21/h5,7-10H,2-4,6H2,1H3,(H,24,26)(H,22,23,25)/t10-/m0/s1. The second-order valence-corrected chi connectivity index (χ2v) is 8.10. The predicted octanol–water partition coefficient (Wildman–Crippen LogP) is 4.12. The van der Waals surface area contributed by atoms with Crippen LogP contribution >= 0.6 is 11.3 Å². The summed E-state index contributed by atoms with van der Waals surface area (Å²) in [5, 5.41) is 11.6. The third kappa shape index (κ3) is 3.11. The molecule has 3 aromatic heterocycles. The van der Waals surface area contributed by atoms with Gasteiger partial charge in [0, 0.05) is 16.3 Å². The maximum Gasteiger partial charge on any atom is 0.309 e. The summed E-state index contributed by atoms with van der Waals surface area (Å²) < 4.78 is 19.7. The number of hydrogen-bond acceptors (Lipinski definition) is 7. The van der Waals surface area contributed by atoms with Gasteiger partial charge in [-0.15, -0.1) is 11.3 Å². The van der Waals surface area contributed by atoms with Gasteiger partial charge in [-0.05, 0) is 37.8 Å². The number of fused-ring (bicyclic) bond motifs is 4. The summed E-state index contributed by atoms with van der Waals surface area (Å²) >= 11 is 1.56. The van der Waals surface area contributed by atoms with Gasteiger partial charge in [-0.3, -0.25) is 9.89 Å². The van der Waals surface area contributed by atoms with Gasteiger partial charge in [-0.2, -0.15) is 5.10 Å². The molecular formula is C20H18FN5O2S. The SMILES string of the molecule is CCOC(=O)[C@H]1CCc2c(sc3ncnc(Nc4cc5cn[nH]c5cc4F)c23)C1. The Balaban J connectivity index is 1.52. The molecule has 148 valence electrons. The van der Waals surface area contributed by atoms with Crippen molar-refractivity contribution < 1.29 is 13.9 Å². The molecule has 9 heteroatoms. The highest BCUT2D eigenvalue weighted by Crippen LogP contribution is 2.41. The molecule has 1 aromatic carbocycles. The quantitative estimate of drug-likeness (QED) is 0.491. The number of ether oxygens (including phenoxy) is 1. The van der Waals surface area contributed by atoms with E-state index in [2.05, 4.69) is 25.5 Å². The van der Waals surface area contributed by atoms with Crippen LogP contribution in [0.1, 0.15) is 23.8 Å². The average molecular weight is 411 g/mol. The first-order valence-corrected chi connectivity index (χ1v) is 10.3. The second-order valence-electron chi connectivity index (χ2n) is 7.01. The van der Waals surface area contributed by atoms with Gasteiger partial charge in [0.2, 0.25) is 0 Å². The zero-order valence-electron chi connectivity index (χ0n) is 15.7. The Labute approximate surface area is 169 Å². The first-order valence-electron chi connectivity index (χ1n) is 9.45. The molecule has 0 unspecified atom stereocenters. The third-order valence-corrected chi connectivity index (χ3v) is 6.41. The predicted molar refractivity (Wildman–Crippen MR) is 109 cm³/mol. The highest BCUT2D eigenvalue weighted by atomic mass is 32.1. The molecular weight excluding hydrogens is 393 g/mol. The molecule has 1 aliphatic carbocycles. The van der Waals surface area contributed by atoms with Crippen molar-refractivity contribution in [1.29, 1.82) is 0 Å². The average Bonchev–Trinajstić information content (AvgIpc) is 3.31. The minimum absolute atomic E-state index is 0.124. The normalized spacial score (nSPS) is 16.1. The summed E-state index contributed by atoms with van der Waals surface area (Å²) in [7, 11) is 0. The highest BCUT2D eigenvalue weighted by Gasteiger charge is 2.30. The smallest absolute Gasteiger partial charge is 0.309 e. The van der Waals surface area contributed by atoms with E-state index >= 15 is 0 Å². The number of esters is 1. The number of thiophene rings is 1. The number of nitrogens with zero attached hydrogens (tertiary/aromatic N) is 3. The molecule has 3 heterocycles. The molecule has 0 saturated carbocycles. The fourth-order valence-electron chi connectivity index (χ4n) is 3.85. The molecule has 4 aromatic rings. The fourth-order valence-corrected chi connectivity index (χ4v) is 5.12. The molecule has 0 fully saturated rings. The molecule has 1 atom stereocenters. The van der Waals surface area contributed by atoms with Crippen LogP contribution in [0.25, 0.3) is 21.1 Å². The van der Waals surface area contributed by atoms with E-state index in [0.29, 0.717) is 30.0 Å². The Morgan fingerprint density at radius 2 is 2.31 bits per heavy atom. The van der Waals surface area contributed by atoms with Crippen molar-refractivity contribution in [3.8, 4) is 0 Å². The number of hydrogen-bond donors (Lipinski definition) is 2. The number of anilines is 2. The number of rotatable bonds is 4. The highest BCUT2D eigenvalue weighted by molar-refractivity contribution is 7.19. The Kier molecular flexibility index (Phi) is 4.39. The largest absolute Gasteiger partial charge is 0.466 e. The van der Waals surface area contributed by atoms with Crippen LogP contribution in [0, 0.1) is 11.7 Å².